The molecule has 0 radical (unpaired) electrons. The summed E-state index contributed by atoms with van der Waals surface area (Å²) in [5.74, 6) is -1.09. The zero-order chi connectivity index (χ0) is 15.1. The number of fused-ring (bicyclic) bond motifs is 1. The molecule has 0 aromatic heterocycles. The van der Waals surface area contributed by atoms with Gasteiger partial charge >= 0.3 is 5.97 Å². The molecule has 5 unspecified atom stereocenters. The van der Waals surface area contributed by atoms with E-state index in [4.69, 9.17) is 0 Å². The molecule has 3 aliphatic rings. The quantitative estimate of drug-likeness (QED) is 0.840. The Balaban J connectivity index is 1.76. The summed E-state index contributed by atoms with van der Waals surface area (Å²) in [5, 5.41) is 9.49. The van der Waals surface area contributed by atoms with Crippen molar-refractivity contribution in [3.63, 3.8) is 0 Å². The molecule has 3 rings (SSSR count). The van der Waals surface area contributed by atoms with Gasteiger partial charge in [0.25, 0.3) is 0 Å². The number of rotatable bonds is 2. The molecule has 3 heterocycles. The molecule has 5 heteroatoms. The Labute approximate surface area is 126 Å². The third kappa shape index (κ3) is 2.56. The Bertz CT molecular complexity index is 439. The second kappa shape index (κ2) is 5.59. The van der Waals surface area contributed by atoms with Crippen molar-refractivity contribution in [2.75, 3.05) is 13.1 Å². The van der Waals surface area contributed by atoms with Gasteiger partial charge in [-0.2, -0.15) is 0 Å². The summed E-state index contributed by atoms with van der Waals surface area (Å²) >= 11 is 0. The number of carbonyl (C=O) groups excluding carboxylic acids is 1. The van der Waals surface area contributed by atoms with Crippen LogP contribution in [0, 0.1) is 11.8 Å². The molecule has 3 fully saturated rings. The van der Waals surface area contributed by atoms with E-state index in [-0.39, 0.29) is 23.9 Å². The van der Waals surface area contributed by atoms with Gasteiger partial charge in [-0.25, -0.2) is 0 Å². The third-order valence-electron chi connectivity index (χ3n) is 5.83. The molecule has 3 aliphatic heterocycles. The average Bonchev–Trinajstić information content (AvgIpc) is 2.84. The minimum atomic E-state index is -0.759. The Morgan fingerprint density at radius 1 is 1.19 bits per heavy atom. The SMILES string of the molecule is CC1CC(=O)N(C2CCN3CCCC3C2)C(C)C1C(=O)O. The van der Waals surface area contributed by atoms with Gasteiger partial charge in [-0.3, -0.25) is 9.59 Å². The highest BCUT2D eigenvalue weighted by molar-refractivity contribution is 5.82. The van der Waals surface area contributed by atoms with Crippen molar-refractivity contribution in [2.45, 2.75) is 64.1 Å². The number of likely N-dealkylation sites (tertiary alicyclic amines) is 1. The van der Waals surface area contributed by atoms with Crippen LogP contribution in [0.2, 0.25) is 0 Å². The Morgan fingerprint density at radius 3 is 2.67 bits per heavy atom. The number of aliphatic carboxylic acids is 1. The van der Waals surface area contributed by atoms with Gasteiger partial charge in [0.2, 0.25) is 5.91 Å². The molecular formula is C16H26N2O3. The van der Waals surface area contributed by atoms with Crippen LogP contribution in [0.25, 0.3) is 0 Å². The maximum Gasteiger partial charge on any atom is 0.308 e. The predicted octanol–water partition coefficient (Wildman–Crippen LogP) is 1.57. The Kier molecular flexibility index (Phi) is 3.95. The number of nitrogens with zero attached hydrogens (tertiary/aromatic N) is 2. The molecule has 0 saturated carbocycles. The lowest BCUT2D eigenvalue weighted by Gasteiger charge is -2.48. The summed E-state index contributed by atoms with van der Waals surface area (Å²) in [5.41, 5.74) is 0. The van der Waals surface area contributed by atoms with Crippen molar-refractivity contribution >= 4 is 11.9 Å². The van der Waals surface area contributed by atoms with E-state index in [0.717, 1.165) is 19.4 Å². The first-order valence-electron chi connectivity index (χ1n) is 8.27. The molecule has 0 aliphatic carbocycles. The molecule has 5 atom stereocenters. The van der Waals surface area contributed by atoms with Crippen LogP contribution in [-0.2, 0) is 9.59 Å². The fraction of sp³-hybridized carbons (Fsp3) is 0.875. The van der Waals surface area contributed by atoms with E-state index in [0.29, 0.717) is 12.5 Å². The topological polar surface area (TPSA) is 60.9 Å². The number of hydrogen-bond acceptors (Lipinski definition) is 3. The summed E-state index contributed by atoms with van der Waals surface area (Å²) in [6.07, 6.45) is 4.89. The highest BCUT2D eigenvalue weighted by atomic mass is 16.4. The molecule has 0 spiro atoms. The van der Waals surface area contributed by atoms with Gasteiger partial charge in [-0.15, -0.1) is 0 Å². The first kappa shape index (κ1) is 14.8. The smallest absolute Gasteiger partial charge is 0.308 e. The van der Waals surface area contributed by atoms with Crippen molar-refractivity contribution in [3.8, 4) is 0 Å². The van der Waals surface area contributed by atoms with Crippen molar-refractivity contribution < 1.29 is 14.7 Å². The van der Waals surface area contributed by atoms with Gasteiger partial charge in [0, 0.05) is 31.1 Å². The number of piperidine rings is 2. The van der Waals surface area contributed by atoms with E-state index < -0.39 is 11.9 Å². The van der Waals surface area contributed by atoms with Crippen LogP contribution in [-0.4, -0.2) is 58.0 Å². The molecule has 0 aromatic rings. The monoisotopic (exact) mass is 294 g/mol. The van der Waals surface area contributed by atoms with Crippen LogP contribution in [0.4, 0.5) is 0 Å². The summed E-state index contributed by atoms with van der Waals surface area (Å²) in [6.45, 7) is 6.06. The molecule has 1 amide bonds. The number of hydrogen-bond donors (Lipinski definition) is 1. The largest absolute Gasteiger partial charge is 0.481 e. The molecule has 5 nitrogen and oxygen atoms in total. The summed E-state index contributed by atoms with van der Waals surface area (Å²) in [4.78, 5) is 28.5. The van der Waals surface area contributed by atoms with Crippen molar-refractivity contribution in [3.05, 3.63) is 0 Å². The van der Waals surface area contributed by atoms with E-state index in [1.807, 2.05) is 18.7 Å². The molecule has 3 saturated heterocycles. The number of amides is 1. The van der Waals surface area contributed by atoms with Gasteiger partial charge in [0.15, 0.2) is 0 Å². The van der Waals surface area contributed by atoms with Crippen LogP contribution in [0.5, 0.6) is 0 Å². The van der Waals surface area contributed by atoms with Gasteiger partial charge in [0.05, 0.1) is 5.92 Å². The van der Waals surface area contributed by atoms with Crippen molar-refractivity contribution in [1.82, 2.24) is 9.80 Å². The van der Waals surface area contributed by atoms with Crippen molar-refractivity contribution in [2.24, 2.45) is 11.8 Å². The zero-order valence-corrected chi connectivity index (χ0v) is 13.0. The van der Waals surface area contributed by atoms with Crippen LogP contribution < -0.4 is 0 Å². The van der Waals surface area contributed by atoms with E-state index in [1.165, 1.54) is 19.4 Å². The Morgan fingerprint density at radius 2 is 1.95 bits per heavy atom. The highest BCUT2D eigenvalue weighted by Crippen LogP contribution is 2.36. The molecular weight excluding hydrogens is 268 g/mol. The second-order valence-corrected chi connectivity index (χ2v) is 7.10. The van der Waals surface area contributed by atoms with Gasteiger partial charge < -0.3 is 14.9 Å². The normalized spacial score (nSPS) is 41.1. The van der Waals surface area contributed by atoms with E-state index in [9.17, 15) is 14.7 Å². The van der Waals surface area contributed by atoms with E-state index >= 15 is 0 Å². The fourth-order valence-electron chi connectivity index (χ4n) is 4.83. The maximum absolute atomic E-state index is 12.5. The molecule has 1 N–H and O–H groups in total. The standard InChI is InChI=1S/C16H26N2O3/c1-10-8-14(19)18(11(2)15(10)16(20)21)13-5-7-17-6-3-4-12(17)9-13/h10-13,15H,3-9H2,1-2H3,(H,20,21). The zero-order valence-electron chi connectivity index (χ0n) is 13.0. The average molecular weight is 294 g/mol. The summed E-state index contributed by atoms with van der Waals surface area (Å²) in [7, 11) is 0. The van der Waals surface area contributed by atoms with E-state index in [1.54, 1.807) is 0 Å². The summed E-state index contributed by atoms with van der Waals surface area (Å²) in [6, 6.07) is 0.657. The highest BCUT2D eigenvalue weighted by Gasteiger charge is 2.46. The van der Waals surface area contributed by atoms with Crippen LogP contribution in [0.3, 0.4) is 0 Å². The van der Waals surface area contributed by atoms with Gasteiger partial charge in [0.1, 0.15) is 0 Å². The molecule has 21 heavy (non-hydrogen) atoms. The predicted molar refractivity (Wildman–Crippen MR) is 78.8 cm³/mol. The third-order valence-corrected chi connectivity index (χ3v) is 5.83. The van der Waals surface area contributed by atoms with Crippen LogP contribution in [0.1, 0.15) is 46.0 Å². The van der Waals surface area contributed by atoms with Gasteiger partial charge in [-0.05, 0) is 45.1 Å². The van der Waals surface area contributed by atoms with Gasteiger partial charge in [-0.1, -0.05) is 6.92 Å². The Hall–Kier alpha value is -1.10. The lowest BCUT2D eigenvalue weighted by atomic mass is 9.79. The molecule has 0 aromatic carbocycles. The summed E-state index contributed by atoms with van der Waals surface area (Å²) < 4.78 is 0. The number of carbonyl (C=O) groups is 2. The fourth-order valence-corrected chi connectivity index (χ4v) is 4.83. The first-order chi connectivity index (χ1) is 9.99. The molecule has 0 bridgehead atoms. The minimum Gasteiger partial charge on any atom is -0.481 e. The van der Waals surface area contributed by atoms with Crippen LogP contribution >= 0.6 is 0 Å². The number of carboxylic acids is 1. The second-order valence-electron chi connectivity index (χ2n) is 7.10. The van der Waals surface area contributed by atoms with Crippen LogP contribution in [0.15, 0.2) is 0 Å². The molecule has 118 valence electrons. The van der Waals surface area contributed by atoms with Crippen molar-refractivity contribution in [1.29, 1.82) is 0 Å². The first-order valence-corrected chi connectivity index (χ1v) is 8.27. The lowest BCUT2D eigenvalue weighted by Crippen LogP contribution is -2.59. The lowest BCUT2D eigenvalue weighted by molar-refractivity contribution is -0.158. The van der Waals surface area contributed by atoms with E-state index in [2.05, 4.69) is 4.90 Å². The maximum atomic E-state index is 12.5. The number of carboxylic acid groups (broad SMARTS) is 1. The minimum absolute atomic E-state index is 0.0622.